The summed E-state index contributed by atoms with van der Waals surface area (Å²) < 4.78 is 0. The summed E-state index contributed by atoms with van der Waals surface area (Å²) in [5.41, 5.74) is 2.82. The van der Waals surface area contributed by atoms with Crippen LogP contribution in [-0.2, 0) is 14.4 Å². The number of rotatable bonds is 10. The first-order chi connectivity index (χ1) is 14.3. The molecule has 1 aromatic rings. The van der Waals surface area contributed by atoms with E-state index < -0.39 is 30.3 Å². The minimum absolute atomic E-state index is 0.0186. The molecule has 3 unspecified atom stereocenters. The molecule has 0 bridgehead atoms. The van der Waals surface area contributed by atoms with Crippen LogP contribution in [0.4, 0.5) is 5.69 Å². The molecule has 0 amide bonds. The van der Waals surface area contributed by atoms with Crippen molar-refractivity contribution in [3.63, 3.8) is 0 Å². The number of hydrogen-bond acceptors (Lipinski definition) is 9. The van der Waals surface area contributed by atoms with Crippen molar-refractivity contribution in [3.05, 3.63) is 29.8 Å². The van der Waals surface area contributed by atoms with E-state index in [4.69, 9.17) is 25.3 Å². The molecule has 0 aliphatic carbocycles. The second kappa shape index (κ2) is 13.5. The number of aliphatic hydroxyl groups is 3. The van der Waals surface area contributed by atoms with Crippen molar-refractivity contribution < 1.29 is 40.0 Å². The Morgan fingerprint density at radius 1 is 1.03 bits per heavy atom. The number of anilines is 1. The van der Waals surface area contributed by atoms with Crippen LogP contribution >= 0.6 is 0 Å². The summed E-state index contributed by atoms with van der Waals surface area (Å²) in [5.74, 6) is -3.54. The molecule has 7 N–H and O–H groups in total. The summed E-state index contributed by atoms with van der Waals surface area (Å²) in [4.78, 5) is 24.8. The lowest BCUT2D eigenvalue weighted by Crippen LogP contribution is -2.42. The van der Waals surface area contributed by atoms with Gasteiger partial charge in [0.15, 0.2) is 12.2 Å². The average Bonchev–Trinajstić information content (AvgIpc) is 2.70. The quantitative estimate of drug-likeness (QED) is 0.193. The first-order valence-electron chi connectivity index (χ1n) is 9.48. The van der Waals surface area contributed by atoms with Crippen LogP contribution in [0.15, 0.2) is 29.4 Å². The largest absolute Gasteiger partial charge is 0.479 e. The summed E-state index contributed by atoms with van der Waals surface area (Å²) in [7, 11) is 1.88. The second-order valence-electron chi connectivity index (χ2n) is 7.65. The summed E-state index contributed by atoms with van der Waals surface area (Å²) in [6.07, 6.45) is -5.11. The van der Waals surface area contributed by atoms with Crippen LogP contribution in [0.3, 0.4) is 0 Å². The molecule has 0 saturated heterocycles. The predicted octanol–water partition coefficient (Wildman–Crippen LogP) is 0.0953. The van der Waals surface area contributed by atoms with E-state index in [0.717, 1.165) is 17.0 Å². The van der Waals surface area contributed by atoms with E-state index in [1.54, 1.807) is 0 Å². The normalized spacial score (nSPS) is 14.5. The third-order valence-corrected chi connectivity index (χ3v) is 3.73. The molecule has 11 nitrogen and oxygen atoms in total. The average molecular weight is 443 g/mol. The van der Waals surface area contributed by atoms with Gasteiger partial charge in [-0.2, -0.15) is 0 Å². The van der Waals surface area contributed by atoms with Crippen LogP contribution in [0.1, 0.15) is 33.3 Å². The van der Waals surface area contributed by atoms with Gasteiger partial charge < -0.3 is 41.0 Å². The molecule has 1 rings (SSSR count). The van der Waals surface area contributed by atoms with E-state index in [-0.39, 0.29) is 12.1 Å². The SMILES string of the molecule is CNc1ccc(/C(C)=N/OCC(O)CNC(C)(C)C)cc1.O=C(O)C(O)C(O)C(=O)O. The number of oxime groups is 1. The Morgan fingerprint density at radius 2 is 1.52 bits per heavy atom. The zero-order valence-corrected chi connectivity index (χ0v) is 18.4. The van der Waals surface area contributed by atoms with Crippen molar-refractivity contribution in [2.24, 2.45) is 5.16 Å². The fourth-order valence-electron chi connectivity index (χ4n) is 1.90. The molecular formula is C20H33N3O8. The number of nitrogens with zero attached hydrogens (tertiary/aromatic N) is 1. The van der Waals surface area contributed by atoms with Crippen LogP contribution in [0.2, 0.25) is 0 Å². The standard InChI is InChI=1S/C16H27N3O2.C4H6O6/c1-12(13-6-8-14(17-5)9-7-13)19-21-11-15(20)10-18-16(2,3)4;5-1(3(7)8)2(6)4(9)10/h6-9,15,17-18,20H,10-11H2,1-5H3;1-2,5-6H,(H,7,8)(H,9,10)/b19-12+;. The minimum Gasteiger partial charge on any atom is -0.479 e. The summed E-state index contributed by atoms with van der Waals surface area (Å²) in [5, 5.41) is 52.7. The molecular weight excluding hydrogens is 410 g/mol. The number of aliphatic carboxylic acids is 2. The zero-order chi connectivity index (χ0) is 24.2. The summed E-state index contributed by atoms with van der Waals surface area (Å²) in [6, 6.07) is 7.92. The maximum absolute atomic E-state index is 9.80. The Labute approximate surface area is 181 Å². The van der Waals surface area contributed by atoms with Crippen molar-refractivity contribution >= 4 is 23.3 Å². The molecule has 1 aromatic carbocycles. The Balaban J connectivity index is 0.000000759. The Morgan fingerprint density at radius 3 is 1.90 bits per heavy atom. The van der Waals surface area contributed by atoms with Crippen LogP contribution in [0, 0.1) is 0 Å². The van der Waals surface area contributed by atoms with Gasteiger partial charge in [0.05, 0.1) is 5.71 Å². The fraction of sp³-hybridized carbons (Fsp3) is 0.550. The third kappa shape index (κ3) is 12.5. The number of β-amino-alcohol motifs (C(OH)–C–C–N with tert-alkyl or cyclic N) is 1. The highest BCUT2D eigenvalue weighted by Gasteiger charge is 2.29. The number of nitrogens with one attached hydrogen (secondary N) is 2. The molecule has 0 aliphatic rings. The molecule has 0 aromatic heterocycles. The van der Waals surface area contributed by atoms with Gasteiger partial charge in [-0.15, -0.1) is 0 Å². The minimum atomic E-state index is -2.27. The topological polar surface area (TPSA) is 181 Å². The Hall–Kier alpha value is -2.73. The van der Waals surface area contributed by atoms with Crippen LogP contribution in [0.25, 0.3) is 0 Å². The van der Waals surface area contributed by atoms with Gasteiger partial charge in [0.25, 0.3) is 0 Å². The first kappa shape index (κ1) is 28.3. The molecule has 0 heterocycles. The molecule has 0 aliphatic heterocycles. The number of aliphatic hydroxyl groups excluding tert-OH is 3. The number of carboxylic acids is 2. The van der Waals surface area contributed by atoms with Crippen LogP contribution < -0.4 is 10.6 Å². The smallest absolute Gasteiger partial charge is 0.335 e. The van der Waals surface area contributed by atoms with Gasteiger partial charge in [-0.3, -0.25) is 0 Å². The van der Waals surface area contributed by atoms with E-state index in [1.807, 2.05) is 38.2 Å². The zero-order valence-electron chi connectivity index (χ0n) is 18.4. The van der Waals surface area contributed by atoms with E-state index >= 15 is 0 Å². The van der Waals surface area contributed by atoms with Gasteiger partial charge in [-0.05, 0) is 45.4 Å². The Bertz CT molecular complexity index is 698. The van der Waals surface area contributed by atoms with Crippen molar-refractivity contribution in [3.8, 4) is 0 Å². The Kier molecular flexibility index (Phi) is 12.4. The molecule has 0 fully saturated rings. The van der Waals surface area contributed by atoms with Crippen LogP contribution in [0.5, 0.6) is 0 Å². The van der Waals surface area contributed by atoms with E-state index in [9.17, 15) is 14.7 Å². The van der Waals surface area contributed by atoms with Crippen molar-refractivity contribution in [1.82, 2.24) is 5.32 Å². The first-order valence-corrected chi connectivity index (χ1v) is 9.48. The van der Waals surface area contributed by atoms with E-state index in [2.05, 4.69) is 36.6 Å². The van der Waals surface area contributed by atoms with Crippen LogP contribution in [-0.4, -0.2) is 87.2 Å². The molecule has 0 radical (unpaired) electrons. The van der Waals surface area contributed by atoms with Gasteiger partial charge in [-0.1, -0.05) is 17.3 Å². The molecule has 31 heavy (non-hydrogen) atoms. The third-order valence-electron chi connectivity index (χ3n) is 3.73. The van der Waals surface area contributed by atoms with Gasteiger partial charge in [0.1, 0.15) is 12.7 Å². The fourth-order valence-corrected chi connectivity index (χ4v) is 1.90. The highest BCUT2D eigenvalue weighted by molar-refractivity contribution is 5.98. The summed E-state index contributed by atoms with van der Waals surface area (Å²) in [6.45, 7) is 8.70. The molecule has 3 atom stereocenters. The highest BCUT2D eigenvalue weighted by Crippen LogP contribution is 2.09. The number of carboxylic acid groups (broad SMARTS) is 2. The molecule has 11 heteroatoms. The van der Waals surface area contributed by atoms with Crippen molar-refractivity contribution in [2.45, 2.75) is 51.5 Å². The second-order valence-corrected chi connectivity index (χ2v) is 7.65. The maximum Gasteiger partial charge on any atom is 0.335 e. The lowest BCUT2D eigenvalue weighted by atomic mass is 10.1. The lowest BCUT2D eigenvalue weighted by Gasteiger charge is -2.22. The number of hydrogen-bond donors (Lipinski definition) is 7. The molecule has 176 valence electrons. The van der Waals surface area contributed by atoms with Gasteiger partial charge >= 0.3 is 11.9 Å². The number of carbonyl (C=O) groups is 2. The van der Waals surface area contributed by atoms with Gasteiger partial charge in [0.2, 0.25) is 0 Å². The van der Waals surface area contributed by atoms with Gasteiger partial charge in [0, 0.05) is 24.8 Å². The van der Waals surface area contributed by atoms with Crippen molar-refractivity contribution in [1.29, 1.82) is 0 Å². The molecule has 0 spiro atoms. The van der Waals surface area contributed by atoms with Crippen molar-refractivity contribution in [2.75, 3.05) is 25.5 Å². The number of benzene rings is 1. The monoisotopic (exact) mass is 443 g/mol. The summed E-state index contributed by atoms with van der Waals surface area (Å²) >= 11 is 0. The lowest BCUT2D eigenvalue weighted by molar-refractivity contribution is -0.165. The van der Waals surface area contributed by atoms with Gasteiger partial charge in [-0.25, -0.2) is 9.59 Å². The van der Waals surface area contributed by atoms with E-state index in [1.165, 1.54) is 0 Å². The van der Waals surface area contributed by atoms with E-state index in [0.29, 0.717) is 6.54 Å². The maximum atomic E-state index is 9.80. The predicted molar refractivity (Wildman–Crippen MR) is 115 cm³/mol. The molecule has 0 saturated carbocycles. The highest BCUT2D eigenvalue weighted by atomic mass is 16.6.